The van der Waals surface area contributed by atoms with Crippen LogP contribution in [0.2, 0.25) is 0 Å². The lowest BCUT2D eigenvalue weighted by atomic mass is 9.81. The second-order valence-electron chi connectivity index (χ2n) is 6.25. The van der Waals surface area contributed by atoms with Crippen LogP contribution in [0.4, 0.5) is 0 Å². The number of halogens is 1. The number of primary sulfonamides is 1. The molecule has 1 aliphatic rings. The van der Waals surface area contributed by atoms with Crippen LogP contribution in [-0.4, -0.2) is 34.0 Å². The summed E-state index contributed by atoms with van der Waals surface area (Å²) < 4.78 is 22.1. The summed E-state index contributed by atoms with van der Waals surface area (Å²) in [6, 6.07) is 6.48. The van der Waals surface area contributed by atoms with Gasteiger partial charge in [-0.3, -0.25) is 4.79 Å². The van der Waals surface area contributed by atoms with E-state index >= 15 is 0 Å². The molecular formula is C15H24ClN3O3S. The number of rotatable bonds is 5. The second kappa shape index (κ2) is 8.10. The van der Waals surface area contributed by atoms with Crippen molar-refractivity contribution in [3.63, 3.8) is 0 Å². The van der Waals surface area contributed by atoms with Crippen molar-refractivity contribution in [2.75, 3.05) is 19.6 Å². The molecule has 0 radical (unpaired) electrons. The Labute approximate surface area is 143 Å². The zero-order valence-electron chi connectivity index (χ0n) is 13.2. The fraction of sp³-hybridized carbons (Fsp3) is 0.533. The van der Waals surface area contributed by atoms with Crippen molar-refractivity contribution in [2.45, 2.75) is 25.5 Å². The number of carbonyl (C=O) groups is 1. The first-order chi connectivity index (χ1) is 10.3. The number of hydrogen-bond donors (Lipinski definition) is 3. The first kappa shape index (κ1) is 19.9. The molecule has 0 saturated carbocycles. The number of amides is 1. The van der Waals surface area contributed by atoms with E-state index in [2.05, 4.69) is 17.6 Å². The number of piperidine rings is 1. The molecule has 0 unspecified atom stereocenters. The predicted octanol–water partition coefficient (Wildman–Crippen LogP) is 1.02. The van der Waals surface area contributed by atoms with Crippen LogP contribution < -0.4 is 15.8 Å². The number of benzene rings is 1. The van der Waals surface area contributed by atoms with Crippen LogP contribution in [0.1, 0.15) is 35.7 Å². The molecular weight excluding hydrogens is 338 g/mol. The fourth-order valence-corrected chi connectivity index (χ4v) is 3.24. The maximum atomic E-state index is 12.2. The monoisotopic (exact) mass is 361 g/mol. The van der Waals surface area contributed by atoms with Gasteiger partial charge in [0.15, 0.2) is 0 Å². The predicted molar refractivity (Wildman–Crippen MR) is 93.0 cm³/mol. The maximum absolute atomic E-state index is 12.2. The largest absolute Gasteiger partial charge is 0.351 e. The minimum atomic E-state index is -3.55. The highest BCUT2D eigenvalue weighted by atomic mass is 35.5. The molecule has 1 heterocycles. The molecule has 4 N–H and O–H groups in total. The third-order valence-corrected chi connectivity index (χ3v) is 4.81. The molecule has 0 spiro atoms. The highest BCUT2D eigenvalue weighted by Crippen LogP contribution is 2.26. The normalized spacial score (nSPS) is 17.1. The van der Waals surface area contributed by atoms with E-state index in [4.69, 9.17) is 5.14 Å². The third-order valence-electron chi connectivity index (χ3n) is 4.07. The molecule has 1 aromatic rings. The van der Waals surface area contributed by atoms with Crippen LogP contribution >= 0.6 is 12.4 Å². The van der Waals surface area contributed by atoms with Crippen LogP contribution in [0.15, 0.2) is 24.3 Å². The second-order valence-corrected chi connectivity index (χ2v) is 7.86. The van der Waals surface area contributed by atoms with Gasteiger partial charge in [-0.25, -0.2) is 13.6 Å². The van der Waals surface area contributed by atoms with E-state index < -0.39 is 10.0 Å². The van der Waals surface area contributed by atoms with Crippen molar-refractivity contribution in [1.82, 2.24) is 10.6 Å². The standard InChI is InChI=1S/C15H23N3O3S.ClH/c1-15(6-8-17-9-7-15)11-18-14(19)13-4-2-12(3-5-13)10-22(16,20)21;/h2-5,17H,6-11H2,1H3,(H,18,19)(H2,16,20,21);1H. The highest BCUT2D eigenvalue weighted by molar-refractivity contribution is 7.88. The van der Waals surface area contributed by atoms with E-state index in [1.54, 1.807) is 24.3 Å². The van der Waals surface area contributed by atoms with Crippen molar-refractivity contribution in [3.05, 3.63) is 35.4 Å². The van der Waals surface area contributed by atoms with Gasteiger partial charge >= 0.3 is 0 Å². The zero-order chi connectivity index (χ0) is 16.2. The summed E-state index contributed by atoms with van der Waals surface area (Å²) in [7, 11) is -3.55. The lowest BCUT2D eigenvalue weighted by molar-refractivity contribution is 0.0922. The van der Waals surface area contributed by atoms with Gasteiger partial charge in [-0.15, -0.1) is 12.4 Å². The molecule has 1 saturated heterocycles. The summed E-state index contributed by atoms with van der Waals surface area (Å²) in [5.41, 5.74) is 1.23. The number of hydrogen-bond acceptors (Lipinski definition) is 4. The molecule has 0 bridgehead atoms. The Balaban J connectivity index is 0.00000264. The first-order valence-electron chi connectivity index (χ1n) is 7.36. The smallest absolute Gasteiger partial charge is 0.251 e. The van der Waals surface area contributed by atoms with Gasteiger partial charge in [0.1, 0.15) is 0 Å². The van der Waals surface area contributed by atoms with Gasteiger partial charge < -0.3 is 10.6 Å². The van der Waals surface area contributed by atoms with Gasteiger partial charge in [-0.1, -0.05) is 19.1 Å². The van der Waals surface area contributed by atoms with Crippen LogP contribution in [0.5, 0.6) is 0 Å². The molecule has 8 heteroatoms. The Bertz CT molecular complexity index is 626. The highest BCUT2D eigenvalue weighted by Gasteiger charge is 2.27. The Morgan fingerprint density at radius 3 is 2.35 bits per heavy atom. The van der Waals surface area contributed by atoms with Gasteiger partial charge in [0.25, 0.3) is 5.91 Å². The van der Waals surface area contributed by atoms with E-state index in [-0.39, 0.29) is 29.5 Å². The van der Waals surface area contributed by atoms with Crippen LogP contribution in [-0.2, 0) is 15.8 Å². The third kappa shape index (κ3) is 6.47. The van der Waals surface area contributed by atoms with E-state index in [0.717, 1.165) is 25.9 Å². The van der Waals surface area contributed by atoms with Crippen LogP contribution in [0, 0.1) is 5.41 Å². The molecule has 1 amide bonds. The average molecular weight is 362 g/mol. The van der Waals surface area contributed by atoms with Gasteiger partial charge in [0.2, 0.25) is 10.0 Å². The van der Waals surface area contributed by atoms with Gasteiger partial charge in [-0.05, 0) is 49.0 Å². The Morgan fingerprint density at radius 1 is 1.26 bits per heavy atom. The van der Waals surface area contributed by atoms with E-state index in [0.29, 0.717) is 17.7 Å². The molecule has 130 valence electrons. The summed E-state index contributed by atoms with van der Waals surface area (Å²) >= 11 is 0. The molecule has 0 aromatic heterocycles. The van der Waals surface area contributed by atoms with Crippen LogP contribution in [0.25, 0.3) is 0 Å². The van der Waals surface area contributed by atoms with Gasteiger partial charge in [0, 0.05) is 12.1 Å². The Kier molecular flexibility index (Phi) is 7.01. The molecule has 6 nitrogen and oxygen atoms in total. The van der Waals surface area contributed by atoms with E-state index in [1.807, 2.05) is 0 Å². The lowest BCUT2D eigenvalue weighted by Crippen LogP contribution is -2.42. The Morgan fingerprint density at radius 2 is 1.83 bits per heavy atom. The summed E-state index contributed by atoms with van der Waals surface area (Å²) in [6.45, 7) is 4.79. The molecule has 1 fully saturated rings. The number of sulfonamides is 1. The van der Waals surface area contributed by atoms with Crippen molar-refractivity contribution in [2.24, 2.45) is 10.6 Å². The van der Waals surface area contributed by atoms with E-state index in [9.17, 15) is 13.2 Å². The topological polar surface area (TPSA) is 101 Å². The summed E-state index contributed by atoms with van der Waals surface area (Å²) in [4.78, 5) is 12.2. The molecule has 1 aromatic carbocycles. The van der Waals surface area contributed by atoms with Gasteiger partial charge in [-0.2, -0.15) is 0 Å². The number of nitrogens with two attached hydrogens (primary N) is 1. The number of nitrogens with one attached hydrogen (secondary N) is 2. The summed E-state index contributed by atoms with van der Waals surface area (Å²) in [6.07, 6.45) is 2.08. The fourth-order valence-electron chi connectivity index (χ4n) is 2.59. The minimum absolute atomic E-state index is 0. The molecule has 1 aliphatic heterocycles. The van der Waals surface area contributed by atoms with Crippen molar-refractivity contribution < 1.29 is 13.2 Å². The zero-order valence-corrected chi connectivity index (χ0v) is 14.8. The first-order valence-corrected chi connectivity index (χ1v) is 9.07. The molecule has 0 aliphatic carbocycles. The SMILES string of the molecule is CC1(CNC(=O)c2ccc(CS(N)(=O)=O)cc2)CCNCC1.Cl. The summed E-state index contributed by atoms with van der Waals surface area (Å²) in [5, 5.41) is 11.3. The van der Waals surface area contributed by atoms with E-state index in [1.165, 1.54) is 0 Å². The summed E-state index contributed by atoms with van der Waals surface area (Å²) in [5.74, 6) is -0.359. The van der Waals surface area contributed by atoms with Crippen molar-refractivity contribution in [3.8, 4) is 0 Å². The molecule has 0 atom stereocenters. The quantitative estimate of drug-likeness (QED) is 0.728. The number of carbonyl (C=O) groups excluding carboxylic acids is 1. The van der Waals surface area contributed by atoms with Gasteiger partial charge in [0.05, 0.1) is 5.75 Å². The maximum Gasteiger partial charge on any atom is 0.251 e. The molecule has 23 heavy (non-hydrogen) atoms. The van der Waals surface area contributed by atoms with Crippen LogP contribution in [0.3, 0.4) is 0 Å². The minimum Gasteiger partial charge on any atom is -0.351 e. The molecule has 2 rings (SSSR count). The van der Waals surface area contributed by atoms with Crippen molar-refractivity contribution in [1.29, 1.82) is 0 Å². The van der Waals surface area contributed by atoms with Crippen molar-refractivity contribution >= 4 is 28.3 Å². The average Bonchev–Trinajstić information content (AvgIpc) is 2.45. The Hall–Kier alpha value is -1.15. The lowest BCUT2D eigenvalue weighted by Gasteiger charge is -2.34.